The molecule has 1 N–H and O–H groups in total. The quantitative estimate of drug-likeness (QED) is 0.0977. The van der Waals surface area contributed by atoms with Gasteiger partial charge in [0.1, 0.15) is 0 Å². The van der Waals surface area contributed by atoms with Crippen LogP contribution in [0, 0.1) is 31.7 Å². The zero-order chi connectivity index (χ0) is 28.1. The number of aryl methyl sites for hydroxylation is 2. The van der Waals surface area contributed by atoms with Crippen LogP contribution in [-0.2, 0) is 24.9 Å². The molecule has 0 bridgehead atoms. The molecule has 0 aliphatic carbocycles. The van der Waals surface area contributed by atoms with Crippen molar-refractivity contribution in [2.45, 2.75) is 67.2 Å². The fraction of sp³-hybridized carbons (Fsp3) is 0.364. The van der Waals surface area contributed by atoms with E-state index >= 15 is 0 Å². The fourth-order valence-corrected chi connectivity index (χ4v) is 5.82. The molecule has 5 aromatic rings. The second-order valence-corrected chi connectivity index (χ2v) is 10.9. The molecule has 1 radical (unpaired) electrons. The maximum atomic E-state index is 11.7. The van der Waals surface area contributed by atoms with Gasteiger partial charge in [0.15, 0.2) is 5.78 Å². The topological polar surface area (TPSA) is 76.2 Å². The molecule has 4 aromatic heterocycles. The Balaban J connectivity index is 0.000000243. The zero-order valence-electron chi connectivity index (χ0n) is 24.0. The van der Waals surface area contributed by atoms with E-state index in [0.29, 0.717) is 5.71 Å². The number of hydrogen-bond donors (Lipinski definition) is 1. The molecule has 5 nitrogen and oxygen atoms in total. The van der Waals surface area contributed by atoms with Crippen molar-refractivity contribution in [3.05, 3.63) is 71.1 Å². The first-order valence-electron chi connectivity index (χ1n) is 13.8. The zero-order valence-corrected chi connectivity index (χ0v) is 27.2. The monoisotopic (exact) mass is 734 g/mol. The summed E-state index contributed by atoms with van der Waals surface area (Å²) in [5.74, 6) is 0.547. The summed E-state index contributed by atoms with van der Waals surface area (Å²) in [7, 11) is 0. The van der Waals surface area contributed by atoms with Crippen LogP contribution in [0.5, 0.6) is 0 Å². The number of benzene rings is 1. The number of nitrogens with zero attached hydrogens (tertiary/aromatic N) is 2. The molecule has 0 saturated heterocycles. The third-order valence-corrected chi connectivity index (χ3v) is 8.49. The SMILES string of the molecule is CCC(CC)C(=O)/C=C(\O)C(CC)CC.Cc1ccc2c(n1)oc1c(-c3cc4scc(C)c4cn3)[c-]ccc12.[Ir]. The molecule has 0 unspecified atom stereocenters. The maximum absolute atomic E-state index is 11.7. The Hall–Kier alpha value is -2.86. The molecule has 4 heterocycles. The summed E-state index contributed by atoms with van der Waals surface area (Å²) >= 11 is 1.74. The van der Waals surface area contributed by atoms with Crippen molar-refractivity contribution in [3.8, 4) is 11.3 Å². The van der Waals surface area contributed by atoms with Crippen molar-refractivity contribution in [3.63, 3.8) is 0 Å². The van der Waals surface area contributed by atoms with Crippen molar-refractivity contribution in [2.24, 2.45) is 11.8 Å². The third kappa shape index (κ3) is 6.71. The van der Waals surface area contributed by atoms with Gasteiger partial charge in [-0.3, -0.25) is 4.79 Å². The van der Waals surface area contributed by atoms with E-state index in [0.717, 1.165) is 59.0 Å². The van der Waals surface area contributed by atoms with Gasteiger partial charge in [0.05, 0.1) is 11.3 Å². The number of furan rings is 1. The number of allylic oxidation sites excluding steroid dienone is 2. The largest absolute Gasteiger partial charge is 0.512 e. The predicted octanol–water partition coefficient (Wildman–Crippen LogP) is 9.54. The molecule has 0 spiro atoms. The van der Waals surface area contributed by atoms with Gasteiger partial charge < -0.3 is 14.5 Å². The van der Waals surface area contributed by atoms with Crippen LogP contribution in [0.25, 0.3) is 43.4 Å². The number of thiophene rings is 1. The smallest absolute Gasteiger partial charge is 0.216 e. The van der Waals surface area contributed by atoms with Crippen LogP contribution >= 0.6 is 11.3 Å². The summed E-state index contributed by atoms with van der Waals surface area (Å²) in [5.41, 5.74) is 5.44. The van der Waals surface area contributed by atoms with Crippen molar-refractivity contribution >= 4 is 49.3 Å². The number of aliphatic hydroxyl groups excluding tert-OH is 1. The van der Waals surface area contributed by atoms with E-state index in [1.165, 1.54) is 21.7 Å². The van der Waals surface area contributed by atoms with E-state index in [2.05, 4.69) is 40.5 Å². The fourth-order valence-electron chi connectivity index (χ4n) is 4.87. The average molecular weight is 734 g/mol. The first-order chi connectivity index (χ1) is 18.8. The average Bonchev–Trinajstić information content (AvgIpc) is 3.49. The molecule has 0 aliphatic rings. The summed E-state index contributed by atoms with van der Waals surface area (Å²) in [4.78, 5) is 20.9. The maximum Gasteiger partial charge on any atom is 0.216 e. The van der Waals surface area contributed by atoms with E-state index in [1.54, 1.807) is 11.3 Å². The summed E-state index contributed by atoms with van der Waals surface area (Å²) in [6.45, 7) is 12.1. The number of aliphatic hydroxyl groups is 1. The summed E-state index contributed by atoms with van der Waals surface area (Å²) in [5, 5.41) is 15.2. The molecular weight excluding hydrogens is 697 g/mol. The Kier molecular flexibility index (Phi) is 11.2. The van der Waals surface area contributed by atoms with Crippen molar-refractivity contribution < 1.29 is 34.4 Å². The Bertz CT molecular complexity index is 1630. The Morgan fingerprint density at radius 1 is 1.02 bits per heavy atom. The van der Waals surface area contributed by atoms with E-state index in [4.69, 9.17) is 4.42 Å². The van der Waals surface area contributed by atoms with Gasteiger partial charge in [0.25, 0.3) is 0 Å². The van der Waals surface area contributed by atoms with E-state index in [-0.39, 0.29) is 43.5 Å². The van der Waals surface area contributed by atoms with Gasteiger partial charge in [-0.1, -0.05) is 44.7 Å². The number of fused-ring (bicyclic) bond motifs is 4. The molecule has 0 amide bonds. The van der Waals surface area contributed by atoms with Crippen LogP contribution in [0.1, 0.15) is 64.6 Å². The normalized spacial score (nSPS) is 11.8. The minimum atomic E-state index is 0. The molecule has 0 aliphatic heterocycles. The standard InChI is InChI=1S/C20H13N2OS.C13H24O2.Ir/c1-11-10-24-18-8-17(21-9-16(11)18)15-5-3-4-13-14-7-6-12(2)22-20(14)23-19(13)15;1-5-10(6-2)12(14)9-13(15)11(7-3)8-4;/h3-4,6-10H,1-2H3;9-11,14H,5-8H2,1-4H3;/q-1;;/b;12-9-;. The Morgan fingerprint density at radius 2 is 1.73 bits per heavy atom. The summed E-state index contributed by atoms with van der Waals surface area (Å²) in [6.07, 6.45) is 6.84. The van der Waals surface area contributed by atoms with Crippen LogP contribution < -0.4 is 0 Å². The number of aromatic nitrogens is 2. The molecule has 0 atom stereocenters. The first-order valence-corrected chi connectivity index (χ1v) is 14.7. The van der Waals surface area contributed by atoms with Crippen molar-refractivity contribution in [1.29, 1.82) is 0 Å². The minimum absolute atomic E-state index is 0. The molecule has 40 heavy (non-hydrogen) atoms. The Morgan fingerprint density at radius 3 is 2.40 bits per heavy atom. The van der Waals surface area contributed by atoms with Crippen molar-refractivity contribution in [1.82, 2.24) is 9.97 Å². The van der Waals surface area contributed by atoms with Gasteiger partial charge in [-0.15, -0.1) is 29.5 Å². The number of rotatable bonds is 8. The number of carbonyl (C=O) groups excluding carboxylic acids is 1. The van der Waals surface area contributed by atoms with E-state index in [9.17, 15) is 9.90 Å². The number of hydrogen-bond acceptors (Lipinski definition) is 6. The number of carbonyl (C=O) groups is 1. The van der Waals surface area contributed by atoms with Crippen LogP contribution in [-0.4, -0.2) is 20.9 Å². The molecule has 1 aromatic carbocycles. The molecule has 5 rings (SSSR count). The summed E-state index contributed by atoms with van der Waals surface area (Å²) < 4.78 is 7.29. The molecule has 0 saturated carbocycles. The number of pyridine rings is 2. The minimum Gasteiger partial charge on any atom is -0.512 e. The van der Waals surface area contributed by atoms with Crippen LogP contribution in [0.15, 0.2) is 58.2 Å². The molecule has 0 fully saturated rings. The van der Waals surface area contributed by atoms with Crippen molar-refractivity contribution in [2.75, 3.05) is 0 Å². The van der Waals surface area contributed by atoms with Crippen LogP contribution in [0.3, 0.4) is 0 Å². The van der Waals surface area contributed by atoms with Crippen LogP contribution in [0.4, 0.5) is 0 Å². The molecule has 213 valence electrons. The van der Waals surface area contributed by atoms with Gasteiger partial charge >= 0.3 is 0 Å². The summed E-state index contributed by atoms with van der Waals surface area (Å²) in [6, 6.07) is 13.4. The van der Waals surface area contributed by atoms with E-state index < -0.39 is 0 Å². The van der Waals surface area contributed by atoms with Gasteiger partial charge in [-0.2, -0.15) is 0 Å². The molecular formula is C33H37IrN2O3S-. The predicted molar refractivity (Wildman–Crippen MR) is 162 cm³/mol. The van der Waals surface area contributed by atoms with Gasteiger partial charge in [0, 0.05) is 65.4 Å². The van der Waals surface area contributed by atoms with Gasteiger partial charge in [-0.25, -0.2) is 4.98 Å². The van der Waals surface area contributed by atoms with Crippen LogP contribution in [0.2, 0.25) is 0 Å². The second-order valence-electron chi connectivity index (χ2n) is 9.99. The third-order valence-electron chi connectivity index (χ3n) is 7.43. The Labute approximate surface area is 254 Å². The molecule has 7 heteroatoms. The van der Waals surface area contributed by atoms with E-state index in [1.807, 2.05) is 59.0 Å². The second kappa shape index (κ2) is 14.2. The number of ketones is 1. The van der Waals surface area contributed by atoms with Gasteiger partial charge in [-0.05, 0) is 68.3 Å². The van der Waals surface area contributed by atoms with Gasteiger partial charge in [0.2, 0.25) is 5.71 Å². The first kappa shape index (κ1) is 31.7.